The second kappa shape index (κ2) is 7.19. The van der Waals surface area contributed by atoms with Crippen molar-refractivity contribution in [3.05, 3.63) is 22.7 Å². The van der Waals surface area contributed by atoms with Gasteiger partial charge in [0.25, 0.3) is 0 Å². The molecule has 1 aliphatic rings. The monoisotopic (exact) mass is 297 g/mol. The summed E-state index contributed by atoms with van der Waals surface area (Å²) in [5.74, 6) is 1.47. The standard InChI is InChI=1S/C16H24ClNO2/c1-11(2)20-16-10-14(17)12(9-15(16)19-3)8-13-6-4-5-7-18-13/h9-11,13,18H,4-8H2,1-3H3. The summed E-state index contributed by atoms with van der Waals surface area (Å²) >= 11 is 6.40. The highest BCUT2D eigenvalue weighted by atomic mass is 35.5. The largest absolute Gasteiger partial charge is 0.493 e. The second-order valence-electron chi connectivity index (χ2n) is 5.61. The van der Waals surface area contributed by atoms with Gasteiger partial charge >= 0.3 is 0 Å². The molecule has 1 saturated heterocycles. The average Bonchev–Trinajstić information content (AvgIpc) is 2.42. The van der Waals surface area contributed by atoms with Gasteiger partial charge in [-0.3, -0.25) is 0 Å². The minimum atomic E-state index is 0.103. The Morgan fingerprint density at radius 2 is 2.10 bits per heavy atom. The van der Waals surface area contributed by atoms with Gasteiger partial charge in [0.1, 0.15) is 0 Å². The third-order valence-corrected chi connectivity index (χ3v) is 3.93. The van der Waals surface area contributed by atoms with E-state index in [-0.39, 0.29) is 6.10 Å². The van der Waals surface area contributed by atoms with E-state index in [2.05, 4.69) is 5.32 Å². The second-order valence-corrected chi connectivity index (χ2v) is 6.02. The number of rotatable bonds is 5. The Bertz CT molecular complexity index is 442. The van der Waals surface area contributed by atoms with Crippen LogP contribution in [0.5, 0.6) is 11.5 Å². The van der Waals surface area contributed by atoms with Gasteiger partial charge in [-0.25, -0.2) is 0 Å². The third kappa shape index (κ3) is 4.03. The van der Waals surface area contributed by atoms with Gasteiger partial charge in [0.2, 0.25) is 0 Å². The number of piperidine rings is 1. The zero-order valence-corrected chi connectivity index (χ0v) is 13.3. The minimum Gasteiger partial charge on any atom is -0.493 e. The highest BCUT2D eigenvalue weighted by Gasteiger charge is 2.17. The van der Waals surface area contributed by atoms with E-state index >= 15 is 0 Å². The molecule has 1 aliphatic heterocycles. The lowest BCUT2D eigenvalue weighted by atomic mass is 9.97. The molecule has 4 heteroatoms. The summed E-state index contributed by atoms with van der Waals surface area (Å²) in [6.07, 6.45) is 4.82. The molecule has 2 rings (SSSR count). The molecule has 0 amide bonds. The number of methoxy groups -OCH3 is 1. The SMILES string of the molecule is COc1cc(CC2CCCCN2)c(Cl)cc1OC(C)C. The van der Waals surface area contributed by atoms with Gasteiger partial charge in [0.05, 0.1) is 13.2 Å². The van der Waals surface area contributed by atoms with Gasteiger partial charge in [0.15, 0.2) is 11.5 Å². The zero-order chi connectivity index (χ0) is 14.5. The summed E-state index contributed by atoms with van der Waals surface area (Å²) in [7, 11) is 1.67. The maximum absolute atomic E-state index is 6.40. The Morgan fingerprint density at radius 1 is 1.30 bits per heavy atom. The fourth-order valence-electron chi connectivity index (χ4n) is 2.60. The van der Waals surface area contributed by atoms with Gasteiger partial charge in [-0.2, -0.15) is 0 Å². The highest BCUT2D eigenvalue weighted by Crippen LogP contribution is 2.35. The van der Waals surface area contributed by atoms with E-state index < -0.39 is 0 Å². The number of hydrogen-bond donors (Lipinski definition) is 1. The molecule has 1 atom stereocenters. The lowest BCUT2D eigenvalue weighted by Gasteiger charge is -2.24. The molecular weight excluding hydrogens is 274 g/mol. The molecule has 1 unspecified atom stereocenters. The molecular formula is C16H24ClNO2. The summed E-state index contributed by atoms with van der Waals surface area (Å²) in [6, 6.07) is 4.40. The molecule has 0 radical (unpaired) electrons. The molecule has 1 N–H and O–H groups in total. The fraction of sp³-hybridized carbons (Fsp3) is 0.625. The summed E-state index contributed by atoms with van der Waals surface area (Å²) in [5, 5.41) is 4.31. The molecule has 0 saturated carbocycles. The Hall–Kier alpha value is -0.930. The van der Waals surface area contributed by atoms with Gasteiger partial charge in [-0.1, -0.05) is 18.0 Å². The first-order valence-corrected chi connectivity index (χ1v) is 7.74. The van der Waals surface area contributed by atoms with Crippen LogP contribution in [0.2, 0.25) is 5.02 Å². The van der Waals surface area contributed by atoms with E-state index in [0.717, 1.165) is 29.3 Å². The lowest BCUT2D eigenvalue weighted by Crippen LogP contribution is -2.35. The first-order chi connectivity index (χ1) is 9.60. The van der Waals surface area contributed by atoms with Gasteiger partial charge in [0, 0.05) is 17.1 Å². The van der Waals surface area contributed by atoms with Crippen molar-refractivity contribution in [2.24, 2.45) is 0 Å². The summed E-state index contributed by atoms with van der Waals surface area (Å²) in [5.41, 5.74) is 1.12. The van der Waals surface area contributed by atoms with E-state index in [1.165, 1.54) is 19.3 Å². The van der Waals surface area contributed by atoms with Crippen LogP contribution in [-0.4, -0.2) is 25.8 Å². The summed E-state index contributed by atoms with van der Waals surface area (Å²) in [4.78, 5) is 0. The molecule has 1 aromatic rings. The van der Waals surface area contributed by atoms with Crippen LogP contribution in [0, 0.1) is 0 Å². The third-order valence-electron chi connectivity index (χ3n) is 3.57. The smallest absolute Gasteiger partial charge is 0.163 e. The van der Waals surface area contributed by atoms with E-state index in [1.807, 2.05) is 26.0 Å². The summed E-state index contributed by atoms with van der Waals surface area (Å²) < 4.78 is 11.2. The normalized spacial score (nSPS) is 19.1. The quantitative estimate of drug-likeness (QED) is 0.896. The molecule has 0 spiro atoms. The van der Waals surface area contributed by atoms with E-state index in [4.69, 9.17) is 21.1 Å². The number of hydrogen-bond acceptors (Lipinski definition) is 3. The maximum atomic E-state index is 6.40. The van der Waals surface area contributed by atoms with E-state index in [0.29, 0.717) is 11.8 Å². The van der Waals surface area contributed by atoms with Crippen molar-refractivity contribution in [3.63, 3.8) is 0 Å². The first-order valence-electron chi connectivity index (χ1n) is 7.36. The Labute approximate surface area is 126 Å². The minimum absolute atomic E-state index is 0.103. The van der Waals surface area contributed by atoms with Crippen LogP contribution >= 0.6 is 11.6 Å². The Balaban J connectivity index is 2.16. The van der Waals surface area contributed by atoms with E-state index in [9.17, 15) is 0 Å². The van der Waals surface area contributed by atoms with Gasteiger partial charge in [-0.05, 0) is 51.3 Å². The van der Waals surface area contributed by atoms with Gasteiger partial charge < -0.3 is 14.8 Å². The predicted octanol–water partition coefficient (Wildman–Crippen LogP) is 3.82. The van der Waals surface area contributed by atoms with Crippen molar-refractivity contribution >= 4 is 11.6 Å². The number of halogens is 1. The molecule has 20 heavy (non-hydrogen) atoms. The number of benzene rings is 1. The molecule has 3 nitrogen and oxygen atoms in total. The van der Waals surface area contributed by atoms with Crippen LogP contribution in [0.25, 0.3) is 0 Å². The molecule has 1 heterocycles. The predicted molar refractivity (Wildman–Crippen MR) is 83.1 cm³/mol. The molecule has 1 fully saturated rings. The van der Waals surface area contributed by atoms with Crippen LogP contribution in [0.15, 0.2) is 12.1 Å². The molecule has 1 aromatic carbocycles. The number of ether oxygens (including phenoxy) is 2. The zero-order valence-electron chi connectivity index (χ0n) is 12.5. The lowest BCUT2D eigenvalue weighted by molar-refractivity contribution is 0.230. The average molecular weight is 298 g/mol. The van der Waals surface area contributed by atoms with Crippen LogP contribution < -0.4 is 14.8 Å². The van der Waals surface area contributed by atoms with Crippen molar-refractivity contribution in [2.75, 3.05) is 13.7 Å². The van der Waals surface area contributed by atoms with E-state index in [1.54, 1.807) is 7.11 Å². The van der Waals surface area contributed by atoms with Crippen molar-refractivity contribution in [3.8, 4) is 11.5 Å². The Morgan fingerprint density at radius 3 is 2.70 bits per heavy atom. The summed E-state index contributed by atoms with van der Waals surface area (Å²) in [6.45, 7) is 5.09. The van der Waals surface area contributed by atoms with Crippen LogP contribution in [0.4, 0.5) is 0 Å². The van der Waals surface area contributed by atoms with Crippen molar-refractivity contribution < 1.29 is 9.47 Å². The molecule has 112 valence electrons. The molecule has 0 aromatic heterocycles. The van der Waals surface area contributed by atoms with Crippen molar-refractivity contribution in [2.45, 2.75) is 51.7 Å². The van der Waals surface area contributed by atoms with Crippen molar-refractivity contribution in [1.29, 1.82) is 0 Å². The van der Waals surface area contributed by atoms with Crippen molar-refractivity contribution in [1.82, 2.24) is 5.32 Å². The Kier molecular flexibility index (Phi) is 5.55. The van der Waals surface area contributed by atoms with Gasteiger partial charge in [-0.15, -0.1) is 0 Å². The first kappa shape index (κ1) is 15.5. The van der Waals surface area contributed by atoms with Crippen LogP contribution in [0.3, 0.4) is 0 Å². The fourth-order valence-corrected chi connectivity index (χ4v) is 2.83. The van der Waals surface area contributed by atoms with Crippen LogP contribution in [0.1, 0.15) is 38.7 Å². The highest BCUT2D eigenvalue weighted by molar-refractivity contribution is 6.31. The maximum Gasteiger partial charge on any atom is 0.163 e. The van der Waals surface area contributed by atoms with Crippen LogP contribution in [-0.2, 0) is 6.42 Å². The topological polar surface area (TPSA) is 30.5 Å². The molecule has 0 bridgehead atoms. The molecule has 0 aliphatic carbocycles. The number of nitrogens with one attached hydrogen (secondary N) is 1.